The van der Waals surface area contributed by atoms with Crippen LogP contribution in [0.3, 0.4) is 0 Å². The summed E-state index contributed by atoms with van der Waals surface area (Å²) in [5, 5.41) is 37.6. The van der Waals surface area contributed by atoms with Gasteiger partial charge in [-0.2, -0.15) is 25.8 Å². The van der Waals surface area contributed by atoms with Gasteiger partial charge >= 0.3 is 12.0 Å². The minimum atomic E-state index is -0.578. The third-order valence-corrected chi connectivity index (χ3v) is 16.9. The highest BCUT2D eigenvalue weighted by atomic mass is 35.5. The lowest BCUT2D eigenvalue weighted by Crippen LogP contribution is -2.43. The molecule has 3 atom stereocenters. The Kier molecular flexibility index (Phi) is 19.8. The van der Waals surface area contributed by atoms with Gasteiger partial charge in [-0.25, -0.2) is 34.9 Å². The molecule has 1 saturated heterocycles. The van der Waals surface area contributed by atoms with Gasteiger partial charge < -0.3 is 25.0 Å². The first-order chi connectivity index (χ1) is 41.6. The van der Waals surface area contributed by atoms with E-state index in [1.807, 2.05) is 72.8 Å². The number of hydrogen-bond acceptors (Lipinski definition) is 21. The number of ether oxygens (including phenoxy) is 2. The average Bonchev–Trinajstić information content (AvgIpc) is 4.01. The molecule has 1 aliphatic heterocycles. The number of nitrogens with one attached hydrogen (secondary N) is 2. The molecule has 0 bridgehead atoms. The summed E-state index contributed by atoms with van der Waals surface area (Å²) in [6.07, 6.45) is 4.82. The van der Waals surface area contributed by atoms with Crippen LogP contribution in [-0.4, -0.2) is 114 Å². The molecular formula is C62H53ClN16O3S3. The van der Waals surface area contributed by atoms with E-state index in [-0.39, 0.29) is 17.9 Å². The van der Waals surface area contributed by atoms with Crippen LogP contribution in [0.5, 0.6) is 12.0 Å². The normalized spacial score (nSPS) is 13.4. The number of nitriles is 3. The minimum Gasteiger partial charge on any atom is -0.467 e. The molecule has 85 heavy (non-hydrogen) atoms. The van der Waals surface area contributed by atoms with Crippen LogP contribution in [0.2, 0.25) is 5.02 Å². The third kappa shape index (κ3) is 15.4. The fourth-order valence-electron chi connectivity index (χ4n) is 8.81. The van der Waals surface area contributed by atoms with Gasteiger partial charge in [0.05, 0.1) is 73.0 Å². The van der Waals surface area contributed by atoms with Crippen molar-refractivity contribution < 1.29 is 14.3 Å². The third-order valence-electron chi connectivity index (χ3n) is 13.3. The predicted octanol–water partition coefficient (Wildman–Crippen LogP) is 11.1. The van der Waals surface area contributed by atoms with Gasteiger partial charge in [0.1, 0.15) is 39.4 Å². The number of fused-ring (bicyclic) bond motifs is 3. The molecule has 0 saturated carbocycles. The SMILES string of the molecule is CN1CCN(Cc2ccc(COc3nccc(C(C#N)c4nc5ccccc5s4)n3)cc2)CC1.COc1nccc(C(C#N)c2nc3ccccc3s2)n1.N#CC(c1ccnc(NCCNC(=O)c2ccc(Cl)cc2)n1)c1nc2ccccc2s1. The van der Waals surface area contributed by atoms with Crippen LogP contribution in [0, 0.1) is 34.0 Å². The van der Waals surface area contributed by atoms with Crippen molar-refractivity contribution in [1.82, 2.24) is 60.0 Å². The smallest absolute Gasteiger partial charge is 0.316 e. The molecule has 424 valence electrons. The number of nitrogens with zero attached hydrogens (tertiary/aromatic N) is 14. The minimum absolute atomic E-state index is 0.187. The number of rotatable bonds is 17. The molecule has 2 N–H and O–H groups in total. The zero-order valence-corrected chi connectivity index (χ0v) is 49.2. The number of likely N-dealkylation sites (N-methyl/N-ethyl adjacent to an activating group) is 1. The van der Waals surface area contributed by atoms with E-state index in [1.165, 1.54) is 46.7 Å². The number of piperazine rings is 1. The standard InChI is InChI=1S/C26H26N6OS.C22H17ClN6OS.C14H10N4OS/c1-31-12-14-32(15-13-31)17-19-6-8-20(9-7-19)18-33-26-28-11-10-22(30-26)21(16-27)25-29-23-4-2-3-5-24(23)34-25;23-15-7-5-14(6-8-15)20(30)25-11-12-27-22-26-10-9-17(29-22)16(13-24)21-28-18-3-1-2-4-19(18)31-21;1-19-14-16-7-6-10(18-14)9(8-15)13-17-11-4-2-3-5-12(11)20-13/h2-11,21H,12-15,17-18H2,1H3;1-10,16H,11-12H2,(H,25,30)(H,26,27,29);2-7,9H,1H3. The highest BCUT2D eigenvalue weighted by molar-refractivity contribution is 7.19. The van der Waals surface area contributed by atoms with E-state index >= 15 is 0 Å². The van der Waals surface area contributed by atoms with E-state index in [4.69, 9.17) is 21.1 Å². The maximum Gasteiger partial charge on any atom is 0.316 e. The van der Waals surface area contributed by atoms with Crippen molar-refractivity contribution >= 4 is 88.1 Å². The highest BCUT2D eigenvalue weighted by Crippen LogP contribution is 2.34. The van der Waals surface area contributed by atoms with Crippen molar-refractivity contribution in [3.63, 3.8) is 0 Å². The fraction of sp³-hybridized carbons (Fsp3) is 0.210. The Hall–Kier alpha value is -9.44. The number of carbonyl (C=O) groups excluding carboxylic acids is 1. The van der Waals surface area contributed by atoms with Gasteiger partial charge in [-0.05, 0) is 97.0 Å². The summed E-state index contributed by atoms with van der Waals surface area (Å²) >= 11 is 10.3. The maximum absolute atomic E-state index is 12.1. The van der Waals surface area contributed by atoms with E-state index in [1.54, 1.807) is 61.1 Å². The van der Waals surface area contributed by atoms with E-state index < -0.39 is 17.8 Å². The summed E-state index contributed by atoms with van der Waals surface area (Å²) in [6, 6.07) is 51.2. The molecule has 0 spiro atoms. The van der Waals surface area contributed by atoms with Crippen LogP contribution >= 0.6 is 45.6 Å². The van der Waals surface area contributed by atoms with E-state index in [0.717, 1.165) is 79.0 Å². The van der Waals surface area contributed by atoms with Gasteiger partial charge in [-0.1, -0.05) is 72.3 Å². The Morgan fingerprint density at radius 2 is 1.05 bits per heavy atom. The van der Waals surface area contributed by atoms with Gasteiger partial charge in [0, 0.05) is 75.0 Å². The van der Waals surface area contributed by atoms with Gasteiger partial charge in [0.25, 0.3) is 5.91 Å². The number of halogens is 1. The van der Waals surface area contributed by atoms with Crippen LogP contribution in [0.1, 0.15) is 71.3 Å². The Balaban J connectivity index is 0.000000146. The second-order valence-electron chi connectivity index (χ2n) is 19.2. The first kappa shape index (κ1) is 58.7. The van der Waals surface area contributed by atoms with E-state index in [2.05, 4.69) is 115 Å². The largest absolute Gasteiger partial charge is 0.467 e. The second kappa shape index (κ2) is 28.7. The lowest BCUT2D eigenvalue weighted by molar-refractivity contribution is 0.0955. The molecule has 1 fully saturated rings. The zero-order valence-electron chi connectivity index (χ0n) is 46.0. The van der Waals surface area contributed by atoms with Crippen molar-refractivity contribution in [2.75, 3.05) is 58.7 Å². The Morgan fingerprint density at radius 3 is 1.55 bits per heavy atom. The Morgan fingerprint density at radius 1 is 0.576 bits per heavy atom. The zero-order chi connectivity index (χ0) is 58.9. The van der Waals surface area contributed by atoms with E-state index in [0.29, 0.717) is 58.3 Å². The summed E-state index contributed by atoms with van der Waals surface area (Å²) in [4.78, 5) is 56.3. The first-order valence-corrected chi connectivity index (χ1v) is 29.6. The molecule has 1 aliphatic rings. The number of hydrogen-bond donors (Lipinski definition) is 2. The lowest BCUT2D eigenvalue weighted by Gasteiger charge is -2.32. The maximum atomic E-state index is 12.1. The fourth-order valence-corrected chi connectivity index (χ4v) is 12.0. The molecule has 11 aromatic rings. The van der Waals surface area contributed by atoms with Crippen LogP contribution in [0.4, 0.5) is 5.95 Å². The topological polar surface area (TPSA) is 253 Å². The molecule has 12 rings (SSSR count). The average molecular weight is 1200 g/mol. The number of benzene rings is 5. The molecular weight excluding hydrogens is 1150 g/mol. The molecule has 6 aromatic heterocycles. The Bertz CT molecular complexity index is 4070. The molecule has 23 heteroatoms. The number of methoxy groups -OCH3 is 1. The van der Waals surface area contributed by atoms with Crippen molar-refractivity contribution in [2.24, 2.45) is 0 Å². The number of amides is 1. The lowest BCUT2D eigenvalue weighted by atomic mass is 10.1. The van der Waals surface area contributed by atoms with Crippen LogP contribution in [-0.2, 0) is 13.2 Å². The predicted molar refractivity (Wildman–Crippen MR) is 330 cm³/mol. The second-order valence-corrected chi connectivity index (χ2v) is 22.8. The monoisotopic (exact) mass is 1200 g/mol. The summed E-state index contributed by atoms with van der Waals surface area (Å²) in [6.45, 7) is 6.62. The van der Waals surface area contributed by atoms with Crippen LogP contribution < -0.4 is 20.1 Å². The molecule has 3 unspecified atom stereocenters. The molecule has 19 nitrogen and oxygen atoms in total. The molecule has 5 aromatic carbocycles. The van der Waals surface area contributed by atoms with Gasteiger partial charge in [-0.15, -0.1) is 34.0 Å². The number of aromatic nitrogens is 9. The first-order valence-electron chi connectivity index (χ1n) is 26.8. The molecule has 0 radical (unpaired) electrons. The molecule has 0 aliphatic carbocycles. The summed E-state index contributed by atoms with van der Waals surface area (Å²) in [7, 11) is 3.67. The van der Waals surface area contributed by atoms with Crippen molar-refractivity contribution in [2.45, 2.75) is 30.9 Å². The van der Waals surface area contributed by atoms with E-state index in [9.17, 15) is 20.6 Å². The quantitative estimate of drug-likeness (QED) is 0.0804. The summed E-state index contributed by atoms with van der Waals surface area (Å²) in [5.41, 5.74) is 7.31. The highest BCUT2D eigenvalue weighted by Gasteiger charge is 2.24. The number of para-hydroxylation sites is 3. The van der Waals surface area contributed by atoms with Gasteiger partial charge in [0.15, 0.2) is 0 Å². The Labute approximate surface area is 506 Å². The van der Waals surface area contributed by atoms with Crippen LogP contribution in [0.25, 0.3) is 30.6 Å². The van der Waals surface area contributed by atoms with Crippen molar-refractivity contribution in [3.8, 4) is 30.2 Å². The number of anilines is 1. The van der Waals surface area contributed by atoms with Gasteiger partial charge in [-0.3, -0.25) is 9.69 Å². The van der Waals surface area contributed by atoms with Crippen molar-refractivity contribution in [3.05, 3.63) is 212 Å². The molecule has 1 amide bonds. The summed E-state index contributed by atoms with van der Waals surface area (Å²) in [5.74, 6) is -1.44. The molecule has 7 heterocycles. The number of carbonyl (C=O) groups is 1. The van der Waals surface area contributed by atoms with Crippen LogP contribution in [0.15, 0.2) is 158 Å². The van der Waals surface area contributed by atoms with Gasteiger partial charge in [0.2, 0.25) is 5.95 Å². The number of thiazole rings is 3. The summed E-state index contributed by atoms with van der Waals surface area (Å²) < 4.78 is 14.0. The van der Waals surface area contributed by atoms with Crippen molar-refractivity contribution in [1.29, 1.82) is 15.8 Å².